The molecule has 0 bridgehead atoms. The Bertz CT molecular complexity index is 1120. The van der Waals surface area contributed by atoms with E-state index in [-0.39, 0.29) is 17.6 Å². The fraction of sp³-hybridized carbons (Fsp3) is 0.348. The number of rotatable bonds is 5. The molecule has 0 spiro atoms. The number of benzene rings is 2. The smallest absolute Gasteiger partial charge is 0.317 e. The maximum Gasteiger partial charge on any atom is 0.317 e. The molecule has 3 aromatic rings. The van der Waals surface area contributed by atoms with Gasteiger partial charge in [-0.05, 0) is 36.2 Å². The SMILES string of the molecule is CCC(NC(=O)N1CCN(Cc2nc3ccccc3c(=O)[nH]2)CC1)c1cccc(Cl)c1. The van der Waals surface area contributed by atoms with Gasteiger partial charge < -0.3 is 15.2 Å². The van der Waals surface area contributed by atoms with Crippen molar-refractivity contribution in [3.63, 3.8) is 0 Å². The molecule has 8 heteroatoms. The number of para-hydroxylation sites is 1. The van der Waals surface area contributed by atoms with Gasteiger partial charge in [-0.3, -0.25) is 9.69 Å². The molecule has 2 N–H and O–H groups in total. The third-order valence-corrected chi connectivity index (χ3v) is 5.89. The topological polar surface area (TPSA) is 81.3 Å². The molecule has 1 aromatic heterocycles. The van der Waals surface area contributed by atoms with Crippen LogP contribution < -0.4 is 10.9 Å². The van der Waals surface area contributed by atoms with E-state index in [2.05, 4.69) is 20.2 Å². The van der Waals surface area contributed by atoms with Gasteiger partial charge in [0.05, 0.1) is 23.5 Å². The standard InChI is InChI=1S/C23H26ClN5O2/c1-2-19(16-6-5-7-17(24)14-16)26-23(31)29-12-10-28(11-13-29)15-21-25-20-9-4-3-8-18(20)22(30)27-21/h3-9,14,19H,2,10-13,15H2,1H3,(H,26,31)(H,25,27,30). The van der Waals surface area contributed by atoms with Crippen molar-refractivity contribution in [3.8, 4) is 0 Å². The van der Waals surface area contributed by atoms with Crippen molar-refractivity contribution < 1.29 is 4.79 Å². The number of aromatic nitrogens is 2. The average molecular weight is 440 g/mol. The van der Waals surface area contributed by atoms with Gasteiger partial charge in [0, 0.05) is 31.2 Å². The van der Waals surface area contributed by atoms with Gasteiger partial charge in [0.2, 0.25) is 0 Å². The molecule has 2 aromatic carbocycles. The second-order valence-electron chi connectivity index (χ2n) is 7.76. The van der Waals surface area contributed by atoms with E-state index in [9.17, 15) is 9.59 Å². The van der Waals surface area contributed by atoms with Crippen molar-refractivity contribution in [2.75, 3.05) is 26.2 Å². The molecule has 2 amide bonds. The van der Waals surface area contributed by atoms with Crippen molar-refractivity contribution in [3.05, 3.63) is 75.3 Å². The highest BCUT2D eigenvalue weighted by atomic mass is 35.5. The van der Waals surface area contributed by atoms with Gasteiger partial charge in [-0.25, -0.2) is 9.78 Å². The summed E-state index contributed by atoms with van der Waals surface area (Å²) >= 11 is 6.10. The number of hydrogen-bond acceptors (Lipinski definition) is 4. The van der Waals surface area contributed by atoms with E-state index in [1.807, 2.05) is 54.3 Å². The maximum atomic E-state index is 12.8. The number of urea groups is 1. The summed E-state index contributed by atoms with van der Waals surface area (Å²) in [5, 5.41) is 4.38. The molecule has 2 heterocycles. The summed E-state index contributed by atoms with van der Waals surface area (Å²) in [5.74, 6) is 0.647. The molecule has 1 unspecified atom stereocenters. The molecule has 31 heavy (non-hydrogen) atoms. The summed E-state index contributed by atoms with van der Waals surface area (Å²) in [6.45, 7) is 5.28. The van der Waals surface area contributed by atoms with E-state index in [1.54, 1.807) is 6.07 Å². The Morgan fingerprint density at radius 2 is 1.94 bits per heavy atom. The second-order valence-corrected chi connectivity index (χ2v) is 8.19. The molecule has 7 nitrogen and oxygen atoms in total. The van der Waals surface area contributed by atoms with Gasteiger partial charge in [-0.2, -0.15) is 0 Å². The minimum absolute atomic E-state index is 0.0660. The molecular formula is C23H26ClN5O2. The van der Waals surface area contributed by atoms with E-state index in [0.29, 0.717) is 41.4 Å². The van der Waals surface area contributed by atoms with Crippen LogP contribution in [0.3, 0.4) is 0 Å². The van der Waals surface area contributed by atoms with Crippen molar-refractivity contribution >= 4 is 28.5 Å². The molecular weight excluding hydrogens is 414 g/mol. The number of amides is 2. The number of fused-ring (bicyclic) bond motifs is 1. The number of carbonyl (C=O) groups excluding carboxylic acids is 1. The van der Waals surface area contributed by atoms with Gasteiger partial charge in [0.15, 0.2) is 0 Å². The lowest BCUT2D eigenvalue weighted by Crippen LogP contribution is -2.52. The maximum absolute atomic E-state index is 12.8. The molecule has 1 saturated heterocycles. The number of halogens is 1. The summed E-state index contributed by atoms with van der Waals surface area (Å²) in [7, 11) is 0. The minimum Gasteiger partial charge on any atom is -0.331 e. The summed E-state index contributed by atoms with van der Waals surface area (Å²) in [6, 6.07) is 14.8. The Balaban J connectivity index is 1.34. The van der Waals surface area contributed by atoms with Crippen LogP contribution in [0.15, 0.2) is 53.3 Å². The van der Waals surface area contributed by atoms with Gasteiger partial charge in [-0.15, -0.1) is 0 Å². The third kappa shape index (κ3) is 5.06. The minimum atomic E-state index is -0.120. The Morgan fingerprint density at radius 3 is 2.68 bits per heavy atom. The second kappa shape index (κ2) is 9.49. The van der Waals surface area contributed by atoms with Crippen LogP contribution in [-0.4, -0.2) is 52.0 Å². The predicted octanol–water partition coefficient (Wildman–Crippen LogP) is 3.56. The Hall–Kier alpha value is -2.90. The van der Waals surface area contributed by atoms with Crippen LogP contribution in [0, 0.1) is 0 Å². The number of nitrogens with one attached hydrogen (secondary N) is 2. The first kappa shape index (κ1) is 21.3. The molecule has 1 fully saturated rings. The monoisotopic (exact) mass is 439 g/mol. The summed E-state index contributed by atoms with van der Waals surface area (Å²) in [4.78, 5) is 36.5. The van der Waals surface area contributed by atoms with Crippen LogP contribution in [0.1, 0.15) is 30.8 Å². The number of nitrogens with zero attached hydrogens (tertiary/aromatic N) is 3. The molecule has 0 saturated carbocycles. The molecule has 162 valence electrons. The summed E-state index contributed by atoms with van der Waals surface area (Å²) in [6.07, 6.45) is 0.785. The Kier molecular flexibility index (Phi) is 6.53. The largest absolute Gasteiger partial charge is 0.331 e. The summed E-state index contributed by atoms with van der Waals surface area (Å²) < 4.78 is 0. The number of H-pyrrole nitrogens is 1. The average Bonchev–Trinajstić information content (AvgIpc) is 2.78. The number of hydrogen-bond donors (Lipinski definition) is 2. The molecule has 4 rings (SSSR count). The van der Waals surface area contributed by atoms with E-state index >= 15 is 0 Å². The first-order valence-electron chi connectivity index (χ1n) is 10.5. The van der Waals surface area contributed by atoms with E-state index < -0.39 is 0 Å². The van der Waals surface area contributed by atoms with Crippen LogP contribution in [0.2, 0.25) is 5.02 Å². The molecule has 1 aliphatic heterocycles. The van der Waals surface area contributed by atoms with Crippen molar-refractivity contribution in [1.82, 2.24) is 25.1 Å². The zero-order valence-electron chi connectivity index (χ0n) is 17.5. The van der Waals surface area contributed by atoms with Crippen molar-refractivity contribution in [2.24, 2.45) is 0 Å². The van der Waals surface area contributed by atoms with Crippen LogP contribution >= 0.6 is 11.6 Å². The van der Waals surface area contributed by atoms with Gasteiger partial charge in [0.25, 0.3) is 5.56 Å². The van der Waals surface area contributed by atoms with E-state index in [1.165, 1.54) is 0 Å². The zero-order valence-corrected chi connectivity index (χ0v) is 18.2. The van der Waals surface area contributed by atoms with Gasteiger partial charge >= 0.3 is 6.03 Å². The lowest BCUT2D eigenvalue weighted by molar-refractivity contribution is 0.131. The van der Waals surface area contributed by atoms with E-state index in [0.717, 1.165) is 25.1 Å². The molecule has 0 radical (unpaired) electrons. The quantitative estimate of drug-likeness (QED) is 0.637. The highest BCUT2D eigenvalue weighted by Crippen LogP contribution is 2.21. The third-order valence-electron chi connectivity index (χ3n) is 5.65. The van der Waals surface area contributed by atoms with Crippen LogP contribution in [0.25, 0.3) is 10.9 Å². The van der Waals surface area contributed by atoms with E-state index in [4.69, 9.17) is 11.6 Å². The first-order valence-corrected chi connectivity index (χ1v) is 10.9. The predicted molar refractivity (Wildman–Crippen MR) is 122 cm³/mol. The van der Waals surface area contributed by atoms with Crippen LogP contribution in [0.4, 0.5) is 4.79 Å². The highest BCUT2D eigenvalue weighted by molar-refractivity contribution is 6.30. The zero-order chi connectivity index (χ0) is 21.8. The van der Waals surface area contributed by atoms with Crippen molar-refractivity contribution in [2.45, 2.75) is 25.9 Å². The van der Waals surface area contributed by atoms with Crippen LogP contribution in [0.5, 0.6) is 0 Å². The normalized spacial score (nSPS) is 15.7. The fourth-order valence-corrected chi connectivity index (χ4v) is 4.11. The summed E-state index contributed by atoms with van der Waals surface area (Å²) in [5.41, 5.74) is 1.59. The Labute approximate surface area is 186 Å². The lowest BCUT2D eigenvalue weighted by Gasteiger charge is -2.35. The fourth-order valence-electron chi connectivity index (χ4n) is 3.92. The molecule has 1 atom stereocenters. The van der Waals surface area contributed by atoms with Crippen molar-refractivity contribution in [1.29, 1.82) is 0 Å². The van der Waals surface area contributed by atoms with Crippen LogP contribution in [-0.2, 0) is 6.54 Å². The molecule has 1 aliphatic rings. The first-order chi connectivity index (χ1) is 15.0. The highest BCUT2D eigenvalue weighted by Gasteiger charge is 2.23. The molecule has 0 aliphatic carbocycles. The van der Waals surface area contributed by atoms with Gasteiger partial charge in [-0.1, -0.05) is 42.8 Å². The number of aromatic amines is 1. The lowest BCUT2D eigenvalue weighted by atomic mass is 10.0. The Morgan fingerprint density at radius 1 is 1.16 bits per heavy atom. The number of carbonyl (C=O) groups is 1. The number of piperazine rings is 1. The van der Waals surface area contributed by atoms with Gasteiger partial charge in [0.1, 0.15) is 5.82 Å².